The topological polar surface area (TPSA) is 60.5 Å². The van der Waals surface area contributed by atoms with Crippen molar-refractivity contribution in [1.29, 1.82) is 0 Å². The molecule has 0 saturated carbocycles. The third-order valence-electron chi connectivity index (χ3n) is 3.20. The zero-order chi connectivity index (χ0) is 13.0. The van der Waals surface area contributed by atoms with Gasteiger partial charge in [-0.1, -0.05) is 11.6 Å². The molecule has 0 spiro atoms. The fourth-order valence-corrected chi connectivity index (χ4v) is 2.25. The molecule has 3 aromatic heterocycles. The quantitative estimate of drug-likeness (QED) is 0.673. The van der Waals surface area contributed by atoms with Gasteiger partial charge in [0.1, 0.15) is 23.2 Å². The van der Waals surface area contributed by atoms with Gasteiger partial charge in [-0.05, 0) is 6.92 Å². The standard InChI is InChI=1S/C12H10ClN5O/c1-7-12(19-7)18-5-8(3-16-18)9-2-11-14-4-10(13)17(11)6-15-9/h2-7,12H,1H3. The third kappa shape index (κ3) is 1.72. The van der Waals surface area contributed by atoms with Gasteiger partial charge in [0.2, 0.25) is 0 Å². The summed E-state index contributed by atoms with van der Waals surface area (Å²) in [7, 11) is 0. The minimum absolute atomic E-state index is 0.0540. The third-order valence-corrected chi connectivity index (χ3v) is 3.48. The van der Waals surface area contributed by atoms with E-state index in [2.05, 4.69) is 15.1 Å². The zero-order valence-corrected chi connectivity index (χ0v) is 10.8. The van der Waals surface area contributed by atoms with Gasteiger partial charge in [0, 0.05) is 17.8 Å². The number of imidazole rings is 1. The summed E-state index contributed by atoms with van der Waals surface area (Å²) in [6.07, 6.45) is 7.25. The first-order valence-electron chi connectivity index (χ1n) is 5.91. The number of aromatic nitrogens is 5. The van der Waals surface area contributed by atoms with Gasteiger partial charge in [0.15, 0.2) is 6.23 Å². The smallest absolute Gasteiger partial charge is 0.176 e. The van der Waals surface area contributed by atoms with Crippen LogP contribution in [0.1, 0.15) is 13.2 Å². The highest BCUT2D eigenvalue weighted by Crippen LogP contribution is 2.33. The van der Waals surface area contributed by atoms with E-state index in [1.165, 1.54) is 0 Å². The van der Waals surface area contributed by atoms with E-state index in [1.807, 2.05) is 23.9 Å². The van der Waals surface area contributed by atoms with Crippen LogP contribution in [0.2, 0.25) is 5.15 Å². The zero-order valence-electron chi connectivity index (χ0n) is 10.1. The Balaban J connectivity index is 1.74. The van der Waals surface area contributed by atoms with Crippen molar-refractivity contribution in [1.82, 2.24) is 24.1 Å². The van der Waals surface area contributed by atoms with E-state index in [-0.39, 0.29) is 12.3 Å². The largest absolute Gasteiger partial charge is 0.346 e. The highest BCUT2D eigenvalue weighted by Gasteiger charge is 2.36. The molecule has 0 radical (unpaired) electrons. The second-order valence-corrected chi connectivity index (χ2v) is 4.91. The van der Waals surface area contributed by atoms with Crippen molar-refractivity contribution in [2.24, 2.45) is 0 Å². The molecule has 0 bridgehead atoms. The lowest BCUT2D eigenvalue weighted by Gasteiger charge is -1.98. The van der Waals surface area contributed by atoms with Crippen LogP contribution < -0.4 is 0 Å². The first-order chi connectivity index (χ1) is 9.22. The van der Waals surface area contributed by atoms with Gasteiger partial charge in [-0.2, -0.15) is 5.10 Å². The summed E-state index contributed by atoms with van der Waals surface area (Å²) < 4.78 is 8.91. The van der Waals surface area contributed by atoms with E-state index in [1.54, 1.807) is 23.1 Å². The van der Waals surface area contributed by atoms with E-state index in [0.717, 1.165) is 16.9 Å². The van der Waals surface area contributed by atoms with Gasteiger partial charge >= 0.3 is 0 Å². The average Bonchev–Trinajstić information content (AvgIpc) is 2.86. The molecule has 1 aliphatic heterocycles. The van der Waals surface area contributed by atoms with Gasteiger partial charge in [0.25, 0.3) is 0 Å². The first-order valence-corrected chi connectivity index (χ1v) is 6.29. The molecule has 0 aliphatic carbocycles. The summed E-state index contributed by atoms with van der Waals surface area (Å²) in [6.45, 7) is 2.02. The van der Waals surface area contributed by atoms with Crippen LogP contribution in [0.15, 0.2) is 31.0 Å². The van der Waals surface area contributed by atoms with Crippen LogP contribution in [0.3, 0.4) is 0 Å². The molecule has 0 amide bonds. The number of hydrogen-bond donors (Lipinski definition) is 0. The van der Waals surface area contributed by atoms with Crippen molar-refractivity contribution in [3.63, 3.8) is 0 Å². The van der Waals surface area contributed by atoms with E-state index in [0.29, 0.717) is 5.15 Å². The van der Waals surface area contributed by atoms with E-state index in [4.69, 9.17) is 16.3 Å². The molecule has 3 aromatic rings. The number of ether oxygens (including phenoxy) is 1. The molecule has 96 valence electrons. The van der Waals surface area contributed by atoms with E-state index >= 15 is 0 Å². The monoisotopic (exact) mass is 275 g/mol. The first kappa shape index (κ1) is 11.0. The maximum Gasteiger partial charge on any atom is 0.176 e. The normalized spacial score (nSPS) is 22.0. The van der Waals surface area contributed by atoms with Crippen LogP contribution in [-0.4, -0.2) is 30.3 Å². The van der Waals surface area contributed by atoms with Gasteiger partial charge in [-0.3, -0.25) is 4.40 Å². The average molecular weight is 276 g/mol. The van der Waals surface area contributed by atoms with Crippen LogP contribution in [0.5, 0.6) is 0 Å². The summed E-state index contributed by atoms with van der Waals surface area (Å²) in [5.41, 5.74) is 2.51. The maximum absolute atomic E-state index is 5.97. The van der Waals surface area contributed by atoms with Gasteiger partial charge in [-0.25, -0.2) is 14.6 Å². The molecule has 1 fully saturated rings. The van der Waals surface area contributed by atoms with Crippen LogP contribution in [0, 0.1) is 0 Å². The summed E-state index contributed by atoms with van der Waals surface area (Å²) in [4.78, 5) is 8.58. The molecule has 7 heteroatoms. The van der Waals surface area contributed by atoms with Crippen molar-refractivity contribution in [2.75, 3.05) is 0 Å². The van der Waals surface area contributed by atoms with E-state index in [9.17, 15) is 0 Å². The second-order valence-electron chi connectivity index (χ2n) is 4.52. The molecule has 4 rings (SSSR count). The lowest BCUT2D eigenvalue weighted by molar-refractivity contribution is 0.323. The molecule has 0 N–H and O–H groups in total. The Morgan fingerprint density at radius 1 is 1.32 bits per heavy atom. The Hall–Kier alpha value is -1.92. The summed E-state index contributed by atoms with van der Waals surface area (Å²) in [5.74, 6) is 0. The van der Waals surface area contributed by atoms with Crippen LogP contribution >= 0.6 is 11.6 Å². The number of epoxide rings is 1. The SMILES string of the molecule is CC1OC1n1cc(-c2cc3ncc(Cl)n3cn2)cn1. The van der Waals surface area contributed by atoms with Gasteiger partial charge < -0.3 is 4.74 Å². The Bertz CT molecular complexity index is 764. The Morgan fingerprint density at radius 2 is 2.16 bits per heavy atom. The predicted molar refractivity (Wildman–Crippen MR) is 68.8 cm³/mol. The fraction of sp³-hybridized carbons (Fsp3) is 0.250. The van der Waals surface area contributed by atoms with Crippen molar-refractivity contribution in [3.8, 4) is 11.3 Å². The van der Waals surface area contributed by atoms with Crippen molar-refractivity contribution in [3.05, 3.63) is 36.1 Å². The minimum atomic E-state index is 0.0540. The molecule has 19 heavy (non-hydrogen) atoms. The highest BCUT2D eigenvalue weighted by molar-refractivity contribution is 6.29. The molecule has 1 aliphatic rings. The van der Waals surface area contributed by atoms with Crippen LogP contribution in [-0.2, 0) is 4.74 Å². The Morgan fingerprint density at radius 3 is 2.95 bits per heavy atom. The van der Waals surface area contributed by atoms with Crippen molar-refractivity contribution < 1.29 is 4.74 Å². The molecular formula is C12H10ClN5O. The minimum Gasteiger partial charge on any atom is -0.346 e. The maximum atomic E-state index is 5.97. The predicted octanol–water partition coefficient (Wildman–Crippen LogP) is 2.16. The van der Waals surface area contributed by atoms with Gasteiger partial charge in [-0.15, -0.1) is 0 Å². The number of fused-ring (bicyclic) bond motifs is 1. The van der Waals surface area contributed by atoms with Crippen LogP contribution in [0.25, 0.3) is 16.9 Å². The summed E-state index contributed by atoms with van der Waals surface area (Å²) in [6, 6.07) is 1.88. The Labute approximate surface area is 113 Å². The molecular weight excluding hydrogens is 266 g/mol. The fourth-order valence-electron chi connectivity index (χ4n) is 2.07. The second kappa shape index (κ2) is 3.79. The number of rotatable bonds is 2. The number of nitrogens with zero attached hydrogens (tertiary/aromatic N) is 5. The highest BCUT2D eigenvalue weighted by atomic mass is 35.5. The number of hydrogen-bond acceptors (Lipinski definition) is 4. The number of halogens is 1. The van der Waals surface area contributed by atoms with Crippen molar-refractivity contribution in [2.45, 2.75) is 19.3 Å². The van der Waals surface area contributed by atoms with Crippen LogP contribution in [0.4, 0.5) is 0 Å². The Kier molecular flexibility index (Phi) is 2.18. The summed E-state index contributed by atoms with van der Waals surface area (Å²) >= 11 is 5.97. The van der Waals surface area contributed by atoms with Crippen molar-refractivity contribution >= 4 is 17.2 Å². The van der Waals surface area contributed by atoms with Gasteiger partial charge in [0.05, 0.1) is 18.1 Å². The molecule has 6 nitrogen and oxygen atoms in total. The molecule has 4 heterocycles. The molecule has 2 atom stereocenters. The molecule has 2 unspecified atom stereocenters. The van der Waals surface area contributed by atoms with E-state index < -0.39 is 0 Å². The summed E-state index contributed by atoms with van der Waals surface area (Å²) in [5, 5.41) is 4.83. The lowest BCUT2D eigenvalue weighted by atomic mass is 10.2. The lowest BCUT2D eigenvalue weighted by Crippen LogP contribution is -1.96. The molecule has 0 aromatic carbocycles. The molecule has 1 saturated heterocycles.